The van der Waals surface area contributed by atoms with Gasteiger partial charge in [0, 0.05) is 17.1 Å². The lowest BCUT2D eigenvalue weighted by atomic mass is 10.1. The Morgan fingerprint density at radius 3 is 2.44 bits per heavy atom. The zero-order valence-electron chi connectivity index (χ0n) is 18.6. The number of benzene rings is 3. The largest absolute Gasteiger partial charge is 0.465 e. The molecule has 1 aromatic heterocycles. The summed E-state index contributed by atoms with van der Waals surface area (Å²) in [6.45, 7) is 3.70. The Bertz CT molecular complexity index is 1560. The van der Waals surface area contributed by atoms with Crippen LogP contribution < -0.4 is 4.72 Å². The van der Waals surface area contributed by atoms with Gasteiger partial charge in [-0.15, -0.1) is 0 Å². The lowest BCUT2D eigenvalue weighted by Crippen LogP contribution is -2.16. The fourth-order valence-electron chi connectivity index (χ4n) is 3.73. The van der Waals surface area contributed by atoms with Gasteiger partial charge in [0.1, 0.15) is 4.90 Å². The van der Waals surface area contributed by atoms with E-state index in [2.05, 4.69) is 4.72 Å². The van der Waals surface area contributed by atoms with Crippen LogP contribution in [-0.4, -0.2) is 32.0 Å². The molecule has 0 atom stereocenters. The van der Waals surface area contributed by atoms with E-state index in [1.807, 2.05) is 13.0 Å². The third-order valence-electron chi connectivity index (χ3n) is 5.43. The molecule has 1 heterocycles. The van der Waals surface area contributed by atoms with Gasteiger partial charge in [0.15, 0.2) is 0 Å². The number of fused-ring (bicyclic) bond motifs is 1. The fraction of sp³-hybridized carbons (Fsp3) is 0.120. The maximum atomic E-state index is 13.4. The second-order valence-corrected chi connectivity index (χ2v) is 9.85. The second-order valence-electron chi connectivity index (χ2n) is 7.80. The molecule has 9 heteroatoms. The molecule has 0 aliphatic heterocycles. The van der Waals surface area contributed by atoms with E-state index >= 15 is 0 Å². The van der Waals surface area contributed by atoms with Gasteiger partial charge in [-0.1, -0.05) is 47.5 Å². The van der Waals surface area contributed by atoms with Crippen LogP contribution in [0.3, 0.4) is 0 Å². The van der Waals surface area contributed by atoms with E-state index in [-0.39, 0.29) is 21.0 Å². The highest BCUT2D eigenvalue weighted by Gasteiger charge is 2.24. The molecule has 7 nitrogen and oxygen atoms in total. The average molecular weight is 497 g/mol. The monoisotopic (exact) mass is 496 g/mol. The summed E-state index contributed by atoms with van der Waals surface area (Å²) in [5.41, 5.74) is 2.96. The number of nitrogens with zero attached hydrogens (tertiary/aromatic N) is 1. The van der Waals surface area contributed by atoms with Gasteiger partial charge in [-0.2, -0.15) is 0 Å². The van der Waals surface area contributed by atoms with Crippen molar-refractivity contribution in [3.63, 3.8) is 0 Å². The molecule has 3 aromatic carbocycles. The fourth-order valence-corrected chi connectivity index (χ4v) is 5.39. The van der Waals surface area contributed by atoms with Crippen molar-refractivity contribution in [1.82, 2.24) is 4.57 Å². The highest BCUT2D eigenvalue weighted by molar-refractivity contribution is 7.92. The summed E-state index contributed by atoms with van der Waals surface area (Å²) in [6, 6.07) is 16.2. The molecular formula is C25H21ClN2O5S. The van der Waals surface area contributed by atoms with E-state index in [9.17, 15) is 18.0 Å². The molecule has 34 heavy (non-hydrogen) atoms. The molecule has 0 radical (unpaired) electrons. The number of aromatic nitrogens is 1. The lowest BCUT2D eigenvalue weighted by Gasteiger charge is -2.13. The van der Waals surface area contributed by atoms with E-state index in [1.54, 1.807) is 43.3 Å². The van der Waals surface area contributed by atoms with Crippen LogP contribution in [0, 0.1) is 13.8 Å². The Kier molecular flexibility index (Phi) is 6.20. The molecule has 0 amide bonds. The summed E-state index contributed by atoms with van der Waals surface area (Å²) in [5.74, 6) is -1.11. The summed E-state index contributed by atoms with van der Waals surface area (Å²) in [6.07, 6.45) is 1.38. The van der Waals surface area contributed by atoms with Gasteiger partial charge in [-0.05, 0) is 49.7 Å². The van der Waals surface area contributed by atoms with Crippen LogP contribution in [0.25, 0.3) is 10.9 Å². The number of para-hydroxylation sites is 1. The maximum Gasteiger partial charge on any atom is 0.340 e. The average Bonchev–Trinajstić information content (AvgIpc) is 3.20. The van der Waals surface area contributed by atoms with Crippen LogP contribution in [0.4, 0.5) is 5.69 Å². The number of hydrogen-bond acceptors (Lipinski definition) is 5. The van der Waals surface area contributed by atoms with Crippen molar-refractivity contribution in [3.05, 3.63) is 94.1 Å². The predicted octanol–water partition coefficient (Wildman–Crippen LogP) is 5.19. The number of aryl methyl sites for hydroxylation is 2. The number of sulfonamides is 1. The van der Waals surface area contributed by atoms with Gasteiger partial charge in [-0.25, -0.2) is 13.2 Å². The quantitative estimate of drug-likeness (QED) is 0.384. The number of ether oxygens (including phenoxy) is 1. The minimum absolute atomic E-state index is 0.0265. The van der Waals surface area contributed by atoms with Gasteiger partial charge < -0.3 is 4.74 Å². The Balaban J connectivity index is 1.77. The van der Waals surface area contributed by atoms with Gasteiger partial charge in [0.2, 0.25) is 0 Å². The Morgan fingerprint density at radius 2 is 1.74 bits per heavy atom. The van der Waals surface area contributed by atoms with Crippen LogP contribution >= 0.6 is 11.6 Å². The first-order valence-electron chi connectivity index (χ1n) is 10.2. The first-order valence-corrected chi connectivity index (χ1v) is 12.1. The maximum absolute atomic E-state index is 13.4. The second kappa shape index (κ2) is 8.96. The molecule has 0 saturated carbocycles. The topological polar surface area (TPSA) is 94.5 Å². The molecule has 1 N–H and O–H groups in total. The standard InChI is InChI=1S/C25H21ClN2O5S/c1-15-8-11-21(16(2)12-15)27-34(31,32)23-13-17(9-10-20(23)26)24(29)28-14-19(25(30)33-3)18-6-4-5-7-22(18)28/h4-14,27H,1-3H3. The lowest BCUT2D eigenvalue weighted by molar-refractivity contribution is 0.0603. The molecule has 4 rings (SSSR count). The Morgan fingerprint density at radius 1 is 1.00 bits per heavy atom. The third-order valence-corrected chi connectivity index (χ3v) is 7.28. The number of methoxy groups -OCH3 is 1. The van der Waals surface area contributed by atoms with Crippen molar-refractivity contribution >= 4 is 50.1 Å². The summed E-state index contributed by atoms with van der Waals surface area (Å²) in [7, 11) is -2.83. The molecule has 4 aromatic rings. The molecule has 0 aliphatic carbocycles. The smallest absolute Gasteiger partial charge is 0.340 e. The van der Waals surface area contributed by atoms with E-state index in [0.717, 1.165) is 11.1 Å². The van der Waals surface area contributed by atoms with E-state index in [1.165, 1.54) is 36.1 Å². The minimum Gasteiger partial charge on any atom is -0.465 e. The van der Waals surface area contributed by atoms with Crippen molar-refractivity contribution in [2.24, 2.45) is 0 Å². The van der Waals surface area contributed by atoms with Crippen LogP contribution in [0.5, 0.6) is 0 Å². The van der Waals surface area contributed by atoms with E-state index in [0.29, 0.717) is 16.6 Å². The van der Waals surface area contributed by atoms with Crippen LogP contribution in [0.2, 0.25) is 5.02 Å². The first-order chi connectivity index (χ1) is 16.1. The van der Waals surface area contributed by atoms with Crippen molar-refractivity contribution in [1.29, 1.82) is 0 Å². The molecule has 0 aliphatic rings. The molecule has 0 fully saturated rings. The van der Waals surface area contributed by atoms with Gasteiger partial charge in [0.05, 0.1) is 28.9 Å². The third kappa shape index (κ3) is 4.30. The van der Waals surface area contributed by atoms with Crippen LogP contribution in [0.15, 0.2) is 71.8 Å². The summed E-state index contributed by atoms with van der Waals surface area (Å²) in [5, 5.41) is 0.516. The number of carbonyl (C=O) groups is 2. The molecule has 0 saturated heterocycles. The number of carbonyl (C=O) groups excluding carboxylic acids is 2. The van der Waals surface area contributed by atoms with Crippen molar-refractivity contribution in [2.75, 3.05) is 11.8 Å². The Labute approximate surface area is 202 Å². The number of halogens is 1. The highest BCUT2D eigenvalue weighted by Crippen LogP contribution is 2.28. The number of esters is 1. The zero-order valence-corrected chi connectivity index (χ0v) is 20.2. The van der Waals surface area contributed by atoms with Gasteiger partial charge in [0.25, 0.3) is 15.9 Å². The Hall–Kier alpha value is -3.62. The number of hydrogen-bond donors (Lipinski definition) is 1. The summed E-state index contributed by atoms with van der Waals surface area (Å²) in [4.78, 5) is 25.3. The van der Waals surface area contributed by atoms with Crippen LogP contribution in [0.1, 0.15) is 31.8 Å². The first kappa shape index (κ1) is 23.5. The number of rotatable bonds is 5. The summed E-state index contributed by atoms with van der Waals surface area (Å²) >= 11 is 6.22. The minimum atomic E-state index is -4.09. The predicted molar refractivity (Wildman–Crippen MR) is 131 cm³/mol. The number of anilines is 1. The van der Waals surface area contributed by atoms with E-state index in [4.69, 9.17) is 16.3 Å². The normalized spacial score (nSPS) is 11.4. The molecule has 174 valence electrons. The SMILES string of the molecule is COC(=O)c1cn(C(=O)c2ccc(Cl)c(S(=O)(=O)Nc3ccc(C)cc3C)c2)c2ccccc12. The molecular weight excluding hydrogens is 476 g/mol. The van der Waals surface area contributed by atoms with Gasteiger partial charge in [-0.3, -0.25) is 14.1 Å². The van der Waals surface area contributed by atoms with Crippen LogP contribution in [-0.2, 0) is 14.8 Å². The van der Waals surface area contributed by atoms with E-state index < -0.39 is 21.9 Å². The van der Waals surface area contributed by atoms with Crippen molar-refractivity contribution in [2.45, 2.75) is 18.7 Å². The molecule has 0 bridgehead atoms. The number of nitrogens with one attached hydrogen (secondary N) is 1. The summed E-state index contributed by atoms with van der Waals surface area (Å²) < 4.78 is 34.9. The van der Waals surface area contributed by atoms with Gasteiger partial charge >= 0.3 is 5.97 Å². The zero-order chi connectivity index (χ0) is 24.6. The highest BCUT2D eigenvalue weighted by atomic mass is 35.5. The van der Waals surface area contributed by atoms with Crippen molar-refractivity contribution in [3.8, 4) is 0 Å². The molecule has 0 unspecified atom stereocenters. The molecule has 0 spiro atoms. The van der Waals surface area contributed by atoms with Crippen molar-refractivity contribution < 1.29 is 22.7 Å².